The first-order valence-electron chi connectivity index (χ1n) is 6.36. The highest BCUT2D eigenvalue weighted by molar-refractivity contribution is 6.03. The van der Waals surface area contributed by atoms with Crippen LogP contribution in [0.2, 0.25) is 0 Å². The summed E-state index contributed by atoms with van der Waals surface area (Å²) in [6, 6.07) is 0. The van der Waals surface area contributed by atoms with Gasteiger partial charge in [0.1, 0.15) is 0 Å². The molecule has 3 rings (SSSR count). The summed E-state index contributed by atoms with van der Waals surface area (Å²) < 4.78 is 1.74. The number of amides is 1. The summed E-state index contributed by atoms with van der Waals surface area (Å²) in [5.41, 5.74) is 2.41. The minimum Gasteiger partial charge on any atom is -0.333 e. The number of hydrogen-bond donors (Lipinski definition) is 1. The van der Waals surface area contributed by atoms with E-state index in [1.165, 1.54) is 6.21 Å². The highest BCUT2D eigenvalue weighted by Gasteiger charge is 2.27. The van der Waals surface area contributed by atoms with Gasteiger partial charge in [-0.25, -0.2) is 4.68 Å². The van der Waals surface area contributed by atoms with E-state index in [2.05, 4.69) is 16.2 Å². The molecule has 0 atom stereocenters. The molecule has 0 radical (unpaired) electrons. The van der Waals surface area contributed by atoms with Crippen LogP contribution in [0.4, 0.5) is 0 Å². The van der Waals surface area contributed by atoms with Crippen molar-refractivity contribution in [2.75, 3.05) is 19.6 Å². The van der Waals surface area contributed by atoms with E-state index in [9.17, 15) is 4.79 Å². The van der Waals surface area contributed by atoms with E-state index in [-0.39, 0.29) is 5.91 Å². The second-order valence-corrected chi connectivity index (χ2v) is 4.59. The van der Waals surface area contributed by atoms with Crippen LogP contribution < -0.4 is 0 Å². The number of hydrogen-bond acceptors (Lipinski definition) is 4. The first kappa shape index (κ1) is 11.8. The van der Waals surface area contributed by atoms with Gasteiger partial charge in [-0.15, -0.1) is 0 Å². The summed E-state index contributed by atoms with van der Waals surface area (Å²) in [4.78, 5) is 18.1. The van der Waals surface area contributed by atoms with Crippen molar-refractivity contribution in [2.24, 2.45) is 4.99 Å². The molecule has 1 aromatic heterocycles. The van der Waals surface area contributed by atoms with Crippen molar-refractivity contribution in [3.8, 4) is 0 Å². The third-order valence-corrected chi connectivity index (χ3v) is 3.34. The van der Waals surface area contributed by atoms with Crippen molar-refractivity contribution < 1.29 is 4.79 Å². The Hall–Kier alpha value is -2.24. The molecule has 3 heterocycles. The molecule has 0 unspecified atom stereocenters. The van der Waals surface area contributed by atoms with E-state index in [0.717, 1.165) is 30.8 Å². The van der Waals surface area contributed by atoms with Crippen LogP contribution in [0.1, 0.15) is 22.5 Å². The Morgan fingerprint density at radius 1 is 1.47 bits per heavy atom. The lowest BCUT2D eigenvalue weighted by atomic mass is 10.1. The number of carbonyl (C=O) groups excluding carboxylic acids is 1. The third-order valence-electron chi connectivity index (χ3n) is 3.34. The van der Waals surface area contributed by atoms with Gasteiger partial charge >= 0.3 is 0 Å². The molecule has 2 aliphatic heterocycles. The molecule has 19 heavy (non-hydrogen) atoms. The lowest BCUT2D eigenvalue weighted by molar-refractivity contribution is 0.0766. The zero-order chi connectivity index (χ0) is 13.2. The van der Waals surface area contributed by atoms with Crippen LogP contribution >= 0.6 is 0 Å². The van der Waals surface area contributed by atoms with Gasteiger partial charge < -0.3 is 10.3 Å². The van der Waals surface area contributed by atoms with Crippen molar-refractivity contribution in [1.29, 1.82) is 5.41 Å². The zero-order valence-corrected chi connectivity index (χ0v) is 10.5. The maximum atomic E-state index is 12.2. The average Bonchev–Trinajstić information content (AvgIpc) is 2.88. The highest BCUT2D eigenvalue weighted by atomic mass is 16.2. The fraction of sp³-hybridized carbons (Fsp3) is 0.385. The number of allylic oxidation sites excluding steroid dienone is 1. The van der Waals surface area contributed by atoms with Crippen LogP contribution in [0.3, 0.4) is 0 Å². The van der Waals surface area contributed by atoms with Crippen molar-refractivity contribution in [3.63, 3.8) is 0 Å². The van der Waals surface area contributed by atoms with Crippen LogP contribution in [0.5, 0.6) is 0 Å². The normalized spacial score (nSPS) is 18.2. The first-order chi connectivity index (χ1) is 9.29. The summed E-state index contributed by atoms with van der Waals surface area (Å²) in [5.74, 6) is -0.0376. The molecule has 0 spiro atoms. The summed E-state index contributed by atoms with van der Waals surface area (Å²) in [5, 5.41) is 11.6. The van der Waals surface area contributed by atoms with Crippen LogP contribution in [0.25, 0.3) is 5.70 Å². The molecular weight excluding hydrogens is 242 g/mol. The summed E-state index contributed by atoms with van der Waals surface area (Å²) in [6.45, 7) is 1.81. The molecule has 0 bridgehead atoms. The van der Waals surface area contributed by atoms with E-state index in [4.69, 9.17) is 5.41 Å². The largest absolute Gasteiger partial charge is 0.333 e. The molecule has 1 amide bonds. The molecule has 0 saturated heterocycles. The topological polar surface area (TPSA) is 74.3 Å². The maximum absolute atomic E-state index is 12.2. The molecule has 2 aliphatic rings. The third kappa shape index (κ3) is 2.09. The summed E-state index contributed by atoms with van der Waals surface area (Å²) in [7, 11) is 0. The Labute approximate surface area is 110 Å². The van der Waals surface area contributed by atoms with Gasteiger partial charge in [0.25, 0.3) is 5.91 Å². The molecule has 1 aromatic rings. The smallest absolute Gasteiger partial charge is 0.257 e. The van der Waals surface area contributed by atoms with E-state index in [1.807, 2.05) is 0 Å². The van der Waals surface area contributed by atoms with Gasteiger partial charge in [0.15, 0.2) is 0 Å². The van der Waals surface area contributed by atoms with Crippen LogP contribution in [-0.4, -0.2) is 52.7 Å². The lowest BCUT2D eigenvalue weighted by Crippen LogP contribution is -2.38. The van der Waals surface area contributed by atoms with Crippen molar-refractivity contribution >= 4 is 24.0 Å². The molecule has 0 aromatic carbocycles. The Balaban J connectivity index is 1.91. The number of nitrogens with zero attached hydrogens (tertiary/aromatic N) is 4. The molecule has 0 aliphatic carbocycles. The average molecular weight is 257 g/mol. The molecule has 0 fully saturated rings. The van der Waals surface area contributed by atoms with Gasteiger partial charge in [0, 0.05) is 38.1 Å². The van der Waals surface area contributed by atoms with Crippen molar-refractivity contribution in [3.05, 3.63) is 23.5 Å². The minimum atomic E-state index is -0.0376. The molecule has 1 N–H and O–H groups in total. The van der Waals surface area contributed by atoms with E-state index in [0.29, 0.717) is 18.7 Å². The standard InChI is InChI=1S/C13H15N5O/c14-4-7-17-6-3-12-11(13(17)19)9-18(16-12)10-2-1-5-15-8-10/h2,4,8-9,14H,1,3,5-7H2. The minimum absolute atomic E-state index is 0.0376. The number of fused-ring (bicyclic) bond motifs is 1. The van der Waals surface area contributed by atoms with Gasteiger partial charge in [0.05, 0.1) is 23.5 Å². The Morgan fingerprint density at radius 2 is 2.37 bits per heavy atom. The quantitative estimate of drug-likeness (QED) is 0.815. The number of nitrogens with one attached hydrogen (secondary N) is 1. The monoisotopic (exact) mass is 257 g/mol. The predicted molar refractivity (Wildman–Crippen MR) is 72.9 cm³/mol. The van der Waals surface area contributed by atoms with Crippen LogP contribution in [-0.2, 0) is 6.42 Å². The van der Waals surface area contributed by atoms with Gasteiger partial charge in [-0.05, 0) is 6.42 Å². The number of dihydropyridines is 1. The van der Waals surface area contributed by atoms with Gasteiger partial charge in [0.2, 0.25) is 0 Å². The maximum Gasteiger partial charge on any atom is 0.257 e. The Morgan fingerprint density at radius 3 is 3.11 bits per heavy atom. The van der Waals surface area contributed by atoms with Crippen LogP contribution in [0, 0.1) is 5.41 Å². The second-order valence-electron chi connectivity index (χ2n) is 4.59. The number of aromatic nitrogens is 2. The van der Waals surface area contributed by atoms with E-state index >= 15 is 0 Å². The van der Waals surface area contributed by atoms with Crippen molar-refractivity contribution in [1.82, 2.24) is 14.7 Å². The zero-order valence-electron chi connectivity index (χ0n) is 10.5. The molecule has 98 valence electrons. The Bertz CT molecular complexity index is 584. The Kier molecular flexibility index (Phi) is 2.98. The fourth-order valence-corrected chi connectivity index (χ4v) is 2.35. The fourth-order valence-electron chi connectivity index (χ4n) is 2.35. The number of carbonyl (C=O) groups is 1. The van der Waals surface area contributed by atoms with Crippen LogP contribution in [0.15, 0.2) is 17.3 Å². The van der Waals surface area contributed by atoms with Crippen molar-refractivity contribution in [2.45, 2.75) is 12.8 Å². The lowest BCUT2D eigenvalue weighted by Gasteiger charge is -2.24. The predicted octanol–water partition coefficient (Wildman–Crippen LogP) is 0.846. The summed E-state index contributed by atoms with van der Waals surface area (Å²) >= 11 is 0. The van der Waals surface area contributed by atoms with Gasteiger partial charge in [-0.1, -0.05) is 6.08 Å². The number of rotatable bonds is 3. The SMILES string of the molecule is N=CCN1CCc2nn(C3=CCCN=C3)cc2C1=O. The number of aliphatic imine (C=N–C) groups is 1. The van der Waals surface area contributed by atoms with Gasteiger partial charge in [-0.3, -0.25) is 9.79 Å². The molecule has 6 nitrogen and oxygen atoms in total. The highest BCUT2D eigenvalue weighted by Crippen LogP contribution is 2.19. The van der Waals surface area contributed by atoms with E-state index < -0.39 is 0 Å². The molecule has 6 heteroatoms. The molecular formula is C13H15N5O. The second kappa shape index (κ2) is 4.79. The van der Waals surface area contributed by atoms with Gasteiger partial charge in [-0.2, -0.15) is 5.10 Å². The van der Waals surface area contributed by atoms with E-state index in [1.54, 1.807) is 22.0 Å². The molecule has 0 saturated carbocycles. The first-order valence-corrected chi connectivity index (χ1v) is 6.36. The summed E-state index contributed by atoms with van der Waals surface area (Å²) in [6.07, 6.45) is 8.55.